The molecule has 0 aromatic heterocycles. The molecule has 4 N–H and O–H groups in total. The Hall–Kier alpha value is -3.69. The highest BCUT2D eigenvalue weighted by molar-refractivity contribution is 5.78. The van der Waals surface area contributed by atoms with Crippen molar-refractivity contribution in [3.63, 3.8) is 0 Å². The molecule has 0 amide bonds. The van der Waals surface area contributed by atoms with Crippen molar-refractivity contribution in [1.82, 2.24) is 0 Å². The van der Waals surface area contributed by atoms with Crippen LogP contribution in [0, 0.1) is 17.8 Å². The van der Waals surface area contributed by atoms with E-state index >= 15 is 0 Å². The molecular formula is C35H42O13. The SMILES string of the molecule is COC(=O)[C@H]1[C@@H](O)[C@@]2(O)c3c(OC)cc(O[C@@H]4O[C@@H](C(O)CO)CO[C@H]4OC)cc3O[C@@]2(C2C=CC(OC)=CC2C)[C@@H]1c1ccccc1. The number of aliphatic hydroxyl groups excluding tert-OH is 3. The molecule has 2 heterocycles. The topological polar surface area (TPSA) is 172 Å². The summed E-state index contributed by atoms with van der Waals surface area (Å²) in [6, 6.07) is 12.2. The number of carbonyl (C=O) groups excluding carboxylic acids is 1. The highest BCUT2D eigenvalue weighted by atomic mass is 16.8. The highest BCUT2D eigenvalue weighted by Crippen LogP contribution is 2.70. The summed E-state index contributed by atoms with van der Waals surface area (Å²) in [6.45, 7) is 1.35. The van der Waals surface area contributed by atoms with Crippen LogP contribution in [-0.2, 0) is 34.1 Å². The van der Waals surface area contributed by atoms with Gasteiger partial charge < -0.3 is 58.3 Å². The predicted octanol–water partition coefficient (Wildman–Crippen LogP) is 1.76. The lowest BCUT2D eigenvalue weighted by atomic mass is 9.63. The molecular weight excluding hydrogens is 628 g/mol. The molecule has 4 aliphatic rings. The number of allylic oxidation sites excluding steroid dienone is 2. The third kappa shape index (κ3) is 5.16. The first-order chi connectivity index (χ1) is 23.1. The van der Waals surface area contributed by atoms with Crippen molar-refractivity contribution in [2.24, 2.45) is 17.8 Å². The molecule has 3 unspecified atom stereocenters. The molecule has 2 aliphatic carbocycles. The van der Waals surface area contributed by atoms with E-state index in [-0.39, 0.29) is 35.3 Å². The van der Waals surface area contributed by atoms with Crippen LogP contribution in [0.3, 0.4) is 0 Å². The van der Waals surface area contributed by atoms with E-state index in [9.17, 15) is 25.2 Å². The van der Waals surface area contributed by atoms with Crippen LogP contribution in [-0.4, -0.2) is 105 Å². The molecule has 13 nitrogen and oxygen atoms in total. The minimum atomic E-state index is -2.21. The van der Waals surface area contributed by atoms with Gasteiger partial charge >= 0.3 is 5.97 Å². The first-order valence-corrected chi connectivity index (χ1v) is 15.7. The number of fused-ring (bicyclic) bond motifs is 3. The molecule has 6 rings (SSSR count). The Labute approximate surface area is 278 Å². The fourth-order valence-electron chi connectivity index (χ4n) is 7.86. The van der Waals surface area contributed by atoms with Crippen LogP contribution in [0.4, 0.5) is 0 Å². The van der Waals surface area contributed by atoms with E-state index in [4.69, 9.17) is 37.9 Å². The van der Waals surface area contributed by atoms with Crippen LogP contribution in [0.2, 0.25) is 0 Å². The Morgan fingerprint density at radius 1 is 1.08 bits per heavy atom. The van der Waals surface area contributed by atoms with Gasteiger partial charge in [0.2, 0.25) is 6.29 Å². The second kappa shape index (κ2) is 13.3. The van der Waals surface area contributed by atoms with Gasteiger partial charge in [-0.15, -0.1) is 0 Å². The maximum absolute atomic E-state index is 13.6. The summed E-state index contributed by atoms with van der Waals surface area (Å²) in [6.07, 6.45) is -0.430. The van der Waals surface area contributed by atoms with Crippen LogP contribution in [0.1, 0.15) is 24.0 Å². The lowest BCUT2D eigenvalue weighted by molar-refractivity contribution is -0.324. The van der Waals surface area contributed by atoms with Gasteiger partial charge in [-0.05, 0) is 23.6 Å². The standard InChI is InChI=1S/C35H42O13/c1-18-13-20(41-2)11-12-22(18)35-28(19-9-7-6-8-10-19)27(31(39)43-4)30(38)34(35,40)29-24(42-3)14-21(15-25(29)48-35)46-33-32(44-5)45-17-26(47-33)23(37)16-36/h6-15,18,22-23,26-28,30,32-33,36-38,40H,16-17H2,1-5H3/t18?,22?,23?,26-,27-,28-,30-,32-,33-,34+,35+/m1/s1. The van der Waals surface area contributed by atoms with Crippen molar-refractivity contribution < 1.29 is 63.1 Å². The van der Waals surface area contributed by atoms with Crippen LogP contribution >= 0.6 is 0 Å². The Morgan fingerprint density at radius 2 is 1.83 bits per heavy atom. The van der Waals surface area contributed by atoms with E-state index in [1.54, 1.807) is 13.2 Å². The molecule has 0 radical (unpaired) electrons. The van der Waals surface area contributed by atoms with Crippen molar-refractivity contribution in [2.75, 3.05) is 41.7 Å². The molecule has 2 fully saturated rings. The van der Waals surface area contributed by atoms with Gasteiger partial charge in [-0.3, -0.25) is 4.79 Å². The molecule has 13 heteroatoms. The average molecular weight is 671 g/mol. The van der Waals surface area contributed by atoms with E-state index in [0.717, 1.165) is 0 Å². The van der Waals surface area contributed by atoms with Crippen molar-refractivity contribution in [1.29, 1.82) is 0 Å². The number of esters is 1. The Bertz CT molecular complexity index is 1540. The first kappa shape index (κ1) is 34.2. The summed E-state index contributed by atoms with van der Waals surface area (Å²) >= 11 is 0. The smallest absolute Gasteiger partial charge is 0.312 e. The molecule has 1 saturated carbocycles. The van der Waals surface area contributed by atoms with Gasteiger partial charge in [0.25, 0.3) is 6.29 Å². The number of rotatable bonds is 10. The van der Waals surface area contributed by atoms with E-state index < -0.39 is 72.4 Å². The molecule has 260 valence electrons. The maximum atomic E-state index is 13.6. The molecule has 1 saturated heterocycles. The van der Waals surface area contributed by atoms with Gasteiger partial charge in [0.1, 0.15) is 41.3 Å². The molecule has 11 atom stereocenters. The van der Waals surface area contributed by atoms with Crippen molar-refractivity contribution in [2.45, 2.75) is 54.9 Å². The number of ether oxygens (including phenoxy) is 8. The first-order valence-electron chi connectivity index (χ1n) is 15.7. The normalized spacial score (nSPS) is 35.9. The van der Waals surface area contributed by atoms with E-state index in [1.165, 1.54) is 33.5 Å². The zero-order valence-electron chi connectivity index (χ0n) is 27.3. The van der Waals surface area contributed by atoms with Crippen LogP contribution in [0.15, 0.2) is 66.5 Å². The monoisotopic (exact) mass is 670 g/mol. The van der Waals surface area contributed by atoms with Gasteiger partial charge in [0, 0.05) is 31.1 Å². The third-order valence-corrected chi connectivity index (χ3v) is 9.99. The quantitative estimate of drug-likeness (QED) is 0.270. The molecule has 2 aromatic carbocycles. The van der Waals surface area contributed by atoms with Gasteiger partial charge in [-0.25, -0.2) is 0 Å². The minimum absolute atomic E-state index is 0.0429. The van der Waals surface area contributed by atoms with Crippen LogP contribution < -0.4 is 14.2 Å². The summed E-state index contributed by atoms with van der Waals surface area (Å²) in [4.78, 5) is 13.6. The van der Waals surface area contributed by atoms with E-state index in [0.29, 0.717) is 11.3 Å². The summed E-state index contributed by atoms with van der Waals surface area (Å²) in [7, 11) is 5.61. The average Bonchev–Trinajstić information content (AvgIpc) is 3.48. The second-order valence-corrected chi connectivity index (χ2v) is 12.4. The number of aliphatic hydroxyl groups is 4. The van der Waals surface area contributed by atoms with Crippen molar-refractivity contribution in [3.8, 4) is 17.2 Å². The molecule has 0 spiro atoms. The summed E-state index contributed by atoms with van der Waals surface area (Å²) < 4.78 is 46.7. The van der Waals surface area contributed by atoms with E-state index in [1.807, 2.05) is 49.4 Å². The highest BCUT2D eigenvalue weighted by Gasteiger charge is 2.80. The number of benzene rings is 2. The predicted molar refractivity (Wildman–Crippen MR) is 167 cm³/mol. The fraction of sp³-hybridized carbons (Fsp3) is 0.514. The van der Waals surface area contributed by atoms with Gasteiger partial charge in [0.05, 0.1) is 46.0 Å². The maximum Gasteiger partial charge on any atom is 0.312 e. The molecule has 2 aliphatic heterocycles. The number of methoxy groups -OCH3 is 4. The lowest BCUT2D eigenvalue weighted by Crippen LogP contribution is -2.60. The number of hydrogen-bond donors (Lipinski definition) is 4. The Balaban J connectivity index is 1.52. The Kier molecular flexibility index (Phi) is 9.48. The summed E-state index contributed by atoms with van der Waals surface area (Å²) in [5.74, 6) is -2.69. The van der Waals surface area contributed by atoms with Crippen molar-refractivity contribution >= 4 is 5.97 Å². The number of hydrogen-bond acceptors (Lipinski definition) is 13. The lowest BCUT2D eigenvalue weighted by Gasteiger charge is -2.47. The zero-order chi connectivity index (χ0) is 34.4. The van der Waals surface area contributed by atoms with E-state index in [2.05, 4.69) is 0 Å². The van der Waals surface area contributed by atoms with Crippen LogP contribution in [0.25, 0.3) is 0 Å². The Morgan fingerprint density at radius 3 is 2.46 bits per heavy atom. The molecule has 0 bridgehead atoms. The second-order valence-electron chi connectivity index (χ2n) is 12.4. The summed E-state index contributed by atoms with van der Waals surface area (Å²) in [5, 5.41) is 45.0. The molecule has 2 aromatic rings. The van der Waals surface area contributed by atoms with Gasteiger partial charge in [-0.1, -0.05) is 43.3 Å². The summed E-state index contributed by atoms with van der Waals surface area (Å²) in [5.41, 5.74) is -3.10. The van der Waals surface area contributed by atoms with Gasteiger partial charge in [-0.2, -0.15) is 0 Å². The largest absolute Gasteiger partial charge is 0.497 e. The fourth-order valence-corrected chi connectivity index (χ4v) is 7.86. The van der Waals surface area contributed by atoms with Gasteiger partial charge in [0.15, 0.2) is 11.2 Å². The number of carbonyl (C=O) groups is 1. The van der Waals surface area contributed by atoms with Crippen molar-refractivity contribution in [3.05, 3.63) is 77.6 Å². The van der Waals surface area contributed by atoms with Crippen LogP contribution in [0.5, 0.6) is 17.2 Å². The third-order valence-electron chi connectivity index (χ3n) is 9.99. The molecule has 48 heavy (non-hydrogen) atoms. The minimum Gasteiger partial charge on any atom is -0.497 e. The zero-order valence-corrected chi connectivity index (χ0v) is 27.3.